The van der Waals surface area contributed by atoms with Crippen molar-refractivity contribution in [2.75, 3.05) is 13.1 Å². The number of amides is 1. The maximum absolute atomic E-state index is 12.8. The molecular weight excluding hydrogens is 412 g/mol. The molecule has 0 spiro atoms. The second kappa shape index (κ2) is 9.15. The van der Waals surface area contributed by atoms with E-state index in [0.717, 1.165) is 24.2 Å². The molecule has 0 atom stereocenters. The number of sulfonamides is 1. The molecule has 0 aliphatic carbocycles. The summed E-state index contributed by atoms with van der Waals surface area (Å²) in [6.07, 6.45) is 1.75. The topological polar surface area (TPSA) is 75.7 Å². The molecule has 1 N–H and O–H groups in total. The Bertz CT molecular complexity index is 986. The quantitative estimate of drug-likeness (QED) is 0.715. The van der Waals surface area contributed by atoms with Crippen LogP contribution >= 0.6 is 11.6 Å². The van der Waals surface area contributed by atoms with Crippen molar-refractivity contribution in [2.45, 2.75) is 44.2 Å². The molecule has 0 aromatic heterocycles. The first kappa shape index (κ1) is 21.6. The highest BCUT2D eigenvalue weighted by molar-refractivity contribution is 7.89. The van der Waals surface area contributed by atoms with E-state index in [1.807, 2.05) is 38.1 Å². The Morgan fingerprint density at radius 1 is 1.17 bits per heavy atom. The highest BCUT2D eigenvalue weighted by atomic mass is 35.5. The minimum Gasteiger partial charge on any atom is -0.491 e. The lowest BCUT2D eigenvalue weighted by atomic mass is 10.2. The first-order chi connectivity index (χ1) is 13.8. The zero-order chi connectivity index (χ0) is 21.0. The predicted octanol–water partition coefficient (Wildman–Crippen LogP) is 3.84. The van der Waals surface area contributed by atoms with Crippen LogP contribution in [0.3, 0.4) is 0 Å². The fraction of sp³-hybridized carbons (Fsp3) is 0.381. The van der Waals surface area contributed by atoms with Crippen molar-refractivity contribution in [3.8, 4) is 5.75 Å². The molecule has 2 aromatic rings. The van der Waals surface area contributed by atoms with Crippen LogP contribution in [0.25, 0.3) is 0 Å². The molecule has 0 unspecified atom stereocenters. The van der Waals surface area contributed by atoms with Crippen LogP contribution in [0.15, 0.2) is 47.4 Å². The molecule has 0 radical (unpaired) electrons. The number of halogens is 1. The summed E-state index contributed by atoms with van der Waals surface area (Å²) in [5, 5.41) is 3.01. The number of rotatable bonds is 7. The van der Waals surface area contributed by atoms with Gasteiger partial charge in [0.2, 0.25) is 10.0 Å². The Kier molecular flexibility index (Phi) is 6.82. The van der Waals surface area contributed by atoms with E-state index in [9.17, 15) is 13.2 Å². The smallest absolute Gasteiger partial charge is 0.253 e. The van der Waals surface area contributed by atoms with Crippen molar-refractivity contribution >= 4 is 27.5 Å². The van der Waals surface area contributed by atoms with Crippen LogP contribution in [0.5, 0.6) is 5.75 Å². The molecule has 29 heavy (non-hydrogen) atoms. The molecule has 1 amide bonds. The van der Waals surface area contributed by atoms with Gasteiger partial charge >= 0.3 is 0 Å². The van der Waals surface area contributed by atoms with Gasteiger partial charge in [0.15, 0.2) is 0 Å². The van der Waals surface area contributed by atoms with Crippen molar-refractivity contribution in [3.63, 3.8) is 0 Å². The predicted molar refractivity (Wildman–Crippen MR) is 113 cm³/mol. The average molecular weight is 437 g/mol. The molecule has 8 heteroatoms. The van der Waals surface area contributed by atoms with Gasteiger partial charge in [-0.1, -0.05) is 23.7 Å². The van der Waals surface area contributed by atoms with Crippen molar-refractivity contribution in [3.05, 3.63) is 58.6 Å². The highest BCUT2D eigenvalue weighted by Gasteiger charge is 2.28. The van der Waals surface area contributed by atoms with E-state index < -0.39 is 15.9 Å². The van der Waals surface area contributed by atoms with Gasteiger partial charge in [-0.15, -0.1) is 0 Å². The maximum Gasteiger partial charge on any atom is 0.253 e. The van der Waals surface area contributed by atoms with Crippen LogP contribution in [0.1, 0.15) is 42.6 Å². The van der Waals surface area contributed by atoms with Gasteiger partial charge in [-0.2, -0.15) is 4.31 Å². The van der Waals surface area contributed by atoms with Crippen molar-refractivity contribution < 1.29 is 17.9 Å². The Morgan fingerprint density at radius 2 is 1.90 bits per heavy atom. The minimum absolute atomic E-state index is 0.0546. The zero-order valence-corrected chi connectivity index (χ0v) is 18.1. The molecule has 3 rings (SSSR count). The van der Waals surface area contributed by atoms with Gasteiger partial charge in [0.25, 0.3) is 5.91 Å². The van der Waals surface area contributed by atoms with E-state index in [-0.39, 0.29) is 28.1 Å². The second-order valence-electron chi connectivity index (χ2n) is 7.25. The van der Waals surface area contributed by atoms with E-state index in [1.165, 1.54) is 22.5 Å². The van der Waals surface area contributed by atoms with Gasteiger partial charge in [0.1, 0.15) is 5.75 Å². The van der Waals surface area contributed by atoms with Gasteiger partial charge in [0.05, 0.1) is 21.6 Å². The molecule has 1 aliphatic rings. The summed E-state index contributed by atoms with van der Waals surface area (Å²) in [6, 6.07) is 11.7. The maximum atomic E-state index is 12.8. The molecular formula is C21H25ClN2O4S. The van der Waals surface area contributed by atoms with Crippen molar-refractivity contribution in [1.29, 1.82) is 0 Å². The summed E-state index contributed by atoms with van der Waals surface area (Å²) in [5.74, 6) is 0.298. The summed E-state index contributed by atoms with van der Waals surface area (Å²) >= 11 is 6.18. The van der Waals surface area contributed by atoms with Crippen molar-refractivity contribution in [2.24, 2.45) is 0 Å². The number of benzene rings is 2. The zero-order valence-electron chi connectivity index (χ0n) is 16.5. The Balaban J connectivity index is 1.74. The van der Waals surface area contributed by atoms with Gasteiger partial charge in [0, 0.05) is 19.6 Å². The normalized spacial score (nSPS) is 14.9. The number of nitrogens with one attached hydrogen (secondary N) is 1. The van der Waals surface area contributed by atoms with Crippen LogP contribution in [-0.2, 0) is 16.6 Å². The van der Waals surface area contributed by atoms with Gasteiger partial charge in [-0.3, -0.25) is 4.79 Å². The van der Waals surface area contributed by atoms with Crippen molar-refractivity contribution in [1.82, 2.24) is 9.62 Å². The molecule has 0 saturated carbocycles. The average Bonchev–Trinajstić information content (AvgIpc) is 3.22. The van der Waals surface area contributed by atoms with E-state index in [2.05, 4.69) is 5.32 Å². The third kappa shape index (κ3) is 5.29. The highest BCUT2D eigenvalue weighted by Crippen LogP contribution is 2.25. The number of hydrogen-bond donors (Lipinski definition) is 1. The third-order valence-electron chi connectivity index (χ3n) is 4.61. The van der Waals surface area contributed by atoms with E-state index in [4.69, 9.17) is 16.3 Å². The van der Waals surface area contributed by atoms with Gasteiger partial charge in [-0.05, 0) is 62.6 Å². The van der Waals surface area contributed by atoms with E-state index in [1.54, 1.807) is 0 Å². The Morgan fingerprint density at radius 3 is 2.59 bits per heavy atom. The number of ether oxygens (including phenoxy) is 1. The van der Waals surface area contributed by atoms with Crippen LogP contribution in [0, 0.1) is 0 Å². The molecule has 2 aromatic carbocycles. The lowest BCUT2D eigenvalue weighted by molar-refractivity contribution is 0.0950. The van der Waals surface area contributed by atoms with E-state index in [0.29, 0.717) is 13.1 Å². The van der Waals surface area contributed by atoms with Crippen LogP contribution in [0.2, 0.25) is 5.02 Å². The molecule has 1 aliphatic heterocycles. The first-order valence-corrected chi connectivity index (χ1v) is 11.4. The Hall–Kier alpha value is -2.09. The fourth-order valence-electron chi connectivity index (χ4n) is 3.19. The SMILES string of the molecule is CC(C)Oc1cccc(CNC(=O)c2cc(S(=O)(=O)N3CCCC3)ccc2Cl)c1. The number of nitrogens with zero attached hydrogens (tertiary/aromatic N) is 1. The Labute approximate surface area is 176 Å². The van der Waals surface area contributed by atoms with Crippen LogP contribution in [-0.4, -0.2) is 37.8 Å². The largest absolute Gasteiger partial charge is 0.491 e. The van der Waals surface area contributed by atoms with Gasteiger partial charge < -0.3 is 10.1 Å². The molecule has 0 bridgehead atoms. The fourth-order valence-corrected chi connectivity index (χ4v) is 4.94. The second-order valence-corrected chi connectivity index (χ2v) is 9.59. The lowest BCUT2D eigenvalue weighted by Crippen LogP contribution is -2.28. The number of hydrogen-bond acceptors (Lipinski definition) is 4. The van der Waals surface area contributed by atoms with Crippen LogP contribution in [0.4, 0.5) is 0 Å². The number of carbonyl (C=O) groups excluding carboxylic acids is 1. The summed E-state index contributed by atoms with van der Waals surface area (Å²) in [5.41, 5.74) is 1.01. The van der Waals surface area contributed by atoms with Gasteiger partial charge in [-0.25, -0.2) is 8.42 Å². The van der Waals surface area contributed by atoms with Crippen LogP contribution < -0.4 is 10.1 Å². The summed E-state index contributed by atoms with van der Waals surface area (Å²) < 4.78 is 32.6. The van der Waals surface area contributed by atoms with E-state index >= 15 is 0 Å². The summed E-state index contributed by atoms with van der Waals surface area (Å²) in [6.45, 7) is 5.16. The molecule has 1 fully saturated rings. The lowest BCUT2D eigenvalue weighted by Gasteiger charge is -2.16. The molecule has 156 valence electrons. The number of carbonyl (C=O) groups is 1. The third-order valence-corrected chi connectivity index (χ3v) is 6.83. The monoisotopic (exact) mass is 436 g/mol. The summed E-state index contributed by atoms with van der Waals surface area (Å²) in [7, 11) is -3.62. The first-order valence-electron chi connectivity index (χ1n) is 9.61. The molecule has 6 nitrogen and oxygen atoms in total. The molecule has 1 heterocycles. The summed E-state index contributed by atoms with van der Waals surface area (Å²) in [4.78, 5) is 12.8. The minimum atomic E-state index is -3.62. The standard InChI is InChI=1S/C21H25ClN2O4S/c1-15(2)28-17-7-5-6-16(12-17)14-23-21(25)19-13-18(8-9-20(19)22)29(26,27)24-10-3-4-11-24/h5-9,12-13,15H,3-4,10-11,14H2,1-2H3,(H,23,25). The molecule has 1 saturated heterocycles.